The number of phenolic OH excluding ortho intramolecular Hbond substituents is 2. The fourth-order valence-electron chi connectivity index (χ4n) is 3.96. The van der Waals surface area contributed by atoms with Crippen LogP contribution in [0, 0.1) is 0 Å². The van der Waals surface area contributed by atoms with E-state index in [0.29, 0.717) is 24.6 Å². The van der Waals surface area contributed by atoms with E-state index in [2.05, 4.69) is 115 Å². The molecular formula is C34H54CoN2O6Si2. The van der Waals surface area contributed by atoms with Gasteiger partial charge in [-0.15, -0.1) is 0 Å². The largest absolute Gasteiger partial charge is 2.00 e. The zero-order valence-electron chi connectivity index (χ0n) is 29.6. The van der Waals surface area contributed by atoms with Crippen molar-refractivity contribution in [2.24, 2.45) is 9.98 Å². The Kier molecular flexibility index (Phi) is 17.6. The molecule has 2 rings (SSSR count). The third kappa shape index (κ3) is 16.4. The topological polar surface area (TPSA) is 145 Å². The molecule has 0 atom stereocenters. The molecule has 8 nitrogen and oxygen atoms in total. The number of benzene rings is 2. The zero-order chi connectivity index (χ0) is 34.8. The van der Waals surface area contributed by atoms with E-state index < -0.39 is 28.1 Å². The molecule has 0 amide bonds. The van der Waals surface area contributed by atoms with Gasteiger partial charge in [-0.3, -0.25) is 9.98 Å². The van der Waals surface area contributed by atoms with Gasteiger partial charge in [-0.1, -0.05) is 115 Å². The summed E-state index contributed by atoms with van der Waals surface area (Å²) in [4.78, 5) is 26.9. The van der Waals surface area contributed by atoms with Crippen LogP contribution >= 0.6 is 0 Å². The number of aliphatic imine (C=N–C) groups is 2. The Morgan fingerprint density at radius 3 is 1.11 bits per heavy atom. The molecule has 2 N–H and O–H groups in total. The minimum atomic E-state index is -1.55. The van der Waals surface area contributed by atoms with Gasteiger partial charge in [-0.05, 0) is 35.8 Å². The summed E-state index contributed by atoms with van der Waals surface area (Å²) in [7, 11) is -3.11. The molecule has 0 saturated carbocycles. The van der Waals surface area contributed by atoms with E-state index in [4.69, 9.17) is 19.8 Å². The first-order chi connectivity index (χ1) is 19.7. The maximum Gasteiger partial charge on any atom is 2.00 e. The summed E-state index contributed by atoms with van der Waals surface area (Å²) in [6.07, 6.45) is 3.56. The summed E-state index contributed by atoms with van der Waals surface area (Å²) in [6.45, 7) is 29.7. The molecule has 253 valence electrons. The number of phenols is 2. The third-order valence-electron chi connectivity index (χ3n) is 6.45. The average Bonchev–Trinajstić information content (AvgIpc) is 2.79. The van der Waals surface area contributed by atoms with Crippen molar-refractivity contribution < 1.29 is 46.8 Å². The van der Waals surface area contributed by atoms with Gasteiger partial charge in [0.1, 0.15) is 11.5 Å². The summed E-state index contributed by atoms with van der Waals surface area (Å²) in [5.74, 6) is -1.53. The molecule has 0 bridgehead atoms. The van der Waals surface area contributed by atoms with Crippen LogP contribution in [0.25, 0.3) is 0 Å². The van der Waals surface area contributed by atoms with Gasteiger partial charge < -0.3 is 30.0 Å². The van der Waals surface area contributed by atoms with Crippen LogP contribution in [-0.4, -0.2) is 63.8 Å². The fraction of sp³-hybridized carbons (Fsp3) is 0.529. The quantitative estimate of drug-likeness (QED) is 0.255. The Bertz CT molecular complexity index is 1240. The van der Waals surface area contributed by atoms with E-state index >= 15 is 0 Å². The molecule has 0 spiro atoms. The van der Waals surface area contributed by atoms with E-state index in [0.717, 1.165) is 36.1 Å². The maximum absolute atomic E-state index is 10.9. The maximum atomic E-state index is 10.9. The van der Waals surface area contributed by atoms with Crippen LogP contribution in [0.4, 0.5) is 0 Å². The molecular weight excluding hydrogens is 647 g/mol. The number of aliphatic carboxylic acids is 2. The molecule has 0 aromatic heterocycles. The number of hydrogen-bond acceptors (Lipinski definition) is 8. The Morgan fingerprint density at radius 1 is 0.667 bits per heavy atom. The predicted octanol–water partition coefficient (Wildman–Crippen LogP) is 3.83. The normalized spacial score (nSPS) is 12.1. The number of carboxylic acid groups (broad SMARTS) is 2. The van der Waals surface area contributed by atoms with Crippen molar-refractivity contribution in [3.63, 3.8) is 0 Å². The van der Waals surface area contributed by atoms with Gasteiger partial charge in [0.25, 0.3) is 0 Å². The van der Waals surface area contributed by atoms with Crippen LogP contribution in [0.1, 0.15) is 77.6 Å². The predicted molar refractivity (Wildman–Crippen MR) is 186 cm³/mol. The molecule has 0 aliphatic rings. The van der Waals surface area contributed by atoms with Crippen LogP contribution in [0.5, 0.6) is 11.5 Å². The average molecular weight is 702 g/mol. The van der Waals surface area contributed by atoms with Crippen LogP contribution in [0.3, 0.4) is 0 Å². The Hall–Kier alpha value is -2.74. The monoisotopic (exact) mass is 701 g/mol. The zero-order valence-corrected chi connectivity index (χ0v) is 32.7. The minimum Gasteiger partial charge on any atom is -0.550 e. The number of aromatic hydroxyl groups is 2. The number of carbonyl (C=O) groups is 2. The molecule has 0 aliphatic heterocycles. The summed E-state index contributed by atoms with van der Waals surface area (Å²) in [6, 6.07) is 8.54. The summed E-state index contributed by atoms with van der Waals surface area (Å²) < 4.78 is 0. The van der Waals surface area contributed by atoms with Gasteiger partial charge in [0.05, 0.1) is 29.2 Å². The third-order valence-corrected chi connectivity index (χ3v) is 10.5. The molecule has 0 heterocycles. The molecule has 1 radical (unpaired) electrons. The molecule has 0 saturated heterocycles. The number of hydrogen-bond donors (Lipinski definition) is 2. The minimum absolute atomic E-state index is 0. The molecule has 2 aromatic rings. The second-order valence-electron chi connectivity index (χ2n) is 15.0. The van der Waals surface area contributed by atoms with Crippen LogP contribution in [0.2, 0.25) is 39.3 Å². The van der Waals surface area contributed by atoms with Crippen molar-refractivity contribution in [2.45, 2.75) is 106 Å². The van der Waals surface area contributed by atoms with Gasteiger partial charge in [0.2, 0.25) is 0 Å². The van der Waals surface area contributed by atoms with E-state index in [1.165, 1.54) is 10.4 Å². The number of nitrogens with zero attached hydrogens (tertiary/aromatic N) is 2. The van der Waals surface area contributed by atoms with Gasteiger partial charge >= 0.3 is 16.8 Å². The smallest absolute Gasteiger partial charge is 0.550 e. The van der Waals surface area contributed by atoms with Crippen LogP contribution in [-0.2, 0) is 37.2 Å². The summed E-state index contributed by atoms with van der Waals surface area (Å²) in [5, 5.41) is 42.3. The summed E-state index contributed by atoms with van der Waals surface area (Å²) in [5.41, 5.74) is 3.19. The van der Waals surface area contributed by atoms with Crippen LogP contribution in [0.15, 0.2) is 34.3 Å². The summed E-state index contributed by atoms with van der Waals surface area (Å²) >= 11 is 0. The van der Waals surface area contributed by atoms with Gasteiger partial charge in [-0.2, -0.15) is 0 Å². The first kappa shape index (κ1) is 44.4. The van der Waals surface area contributed by atoms with Crippen LogP contribution < -0.4 is 20.6 Å². The second-order valence-corrected chi connectivity index (χ2v) is 25.1. The van der Waals surface area contributed by atoms with Gasteiger partial charge in [0.15, 0.2) is 0 Å². The Balaban J connectivity index is 0. The molecule has 45 heavy (non-hydrogen) atoms. The van der Waals surface area contributed by atoms with Crippen molar-refractivity contribution in [1.29, 1.82) is 0 Å². The fourth-order valence-corrected chi connectivity index (χ4v) is 6.29. The standard InChI is InChI=1S/C30H48N2O2Si2.2C2H4O2.Co/c1-29(2,3)25-17-23(35(7,8)9)15-21(27(25)33)19-31-13-14-32-20-22-16-24(36(10,11)12)18-26(28(22)34)30(4,5)6;2*1-2(3)4;/h15-20,33-34H,13-14H2,1-12H3;2*1H3,(H,3,4);/q;;;+2/p-2. The molecule has 2 aromatic carbocycles. The SMILES string of the molecule is CC(=O)[O-].CC(=O)[O-].CC(C)(C)c1cc([Si](C)(C)C)cc(C=NCCN=Cc2cc([Si](C)(C)C)cc(C(C)(C)C)c2O)c1O.[Co+2]. The van der Waals surface area contributed by atoms with Crippen molar-refractivity contribution in [3.8, 4) is 11.5 Å². The second kappa shape index (κ2) is 17.8. The molecule has 0 unspecified atom stereocenters. The molecule has 11 heteroatoms. The molecule has 0 aliphatic carbocycles. The van der Waals surface area contributed by atoms with E-state index in [9.17, 15) is 10.2 Å². The number of rotatable bonds is 7. The van der Waals surface area contributed by atoms with E-state index in [1.807, 2.05) is 0 Å². The Morgan fingerprint density at radius 2 is 0.911 bits per heavy atom. The first-order valence-corrected chi connectivity index (χ1v) is 21.8. The van der Waals surface area contributed by atoms with Crippen molar-refractivity contribution in [2.75, 3.05) is 13.1 Å². The Labute approximate surface area is 283 Å². The first-order valence-electron chi connectivity index (χ1n) is 14.8. The molecule has 0 fully saturated rings. The van der Waals surface area contributed by atoms with E-state index in [1.54, 1.807) is 12.4 Å². The van der Waals surface area contributed by atoms with E-state index in [-0.39, 0.29) is 27.6 Å². The van der Waals surface area contributed by atoms with Crippen molar-refractivity contribution >= 4 is 50.9 Å². The van der Waals surface area contributed by atoms with Crippen molar-refractivity contribution in [1.82, 2.24) is 0 Å². The van der Waals surface area contributed by atoms with Gasteiger partial charge in [-0.25, -0.2) is 0 Å². The van der Waals surface area contributed by atoms with Gasteiger partial charge in [0, 0.05) is 35.5 Å². The number of carbonyl (C=O) groups excluding carboxylic acids is 2. The van der Waals surface area contributed by atoms with Crippen molar-refractivity contribution in [3.05, 3.63) is 46.5 Å². The number of carboxylic acids is 2.